The lowest BCUT2D eigenvalue weighted by Gasteiger charge is -2.11. The lowest BCUT2D eigenvalue weighted by atomic mass is 10.1. The van der Waals surface area contributed by atoms with Crippen molar-refractivity contribution in [1.82, 2.24) is 30.8 Å². The Labute approximate surface area is 181 Å². The summed E-state index contributed by atoms with van der Waals surface area (Å²) in [5, 5.41) is 12.2. The minimum Gasteiger partial charge on any atom is -0.277 e. The molecule has 0 unspecified atom stereocenters. The number of aryl methyl sites for hydroxylation is 1. The number of benzene rings is 2. The van der Waals surface area contributed by atoms with E-state index in [0.29, 0.717) is 33.6 Å². The summed E-state index contributed by atoms with van der Waals surface area (Å²) < 4.78 is 1.20. The van der Waals surface area contributed by atoms with Crippen LogP contribution in [0.4, 0.5) is 0 Å². The van der Waals surface area contributed by atoms with Crippen molar-refractivity contribution < 1.29 is 9.59 Å². The maximum Gasteiger partial charge on any atom is 0.290 e. The van der Waals surface area contributed by atoms with Crippen molar-refractivity contribution in [2.75, 3.05) is 0 Å². The number of hydrogen-bond acceptors (Lipinski definition) is 5. The second-order valence-electron chi connectivity index (χ2n) is 6.59. The number of hydrazine groups is 1. The molecule has 10 heteroatoms. The summed E-state index contributed by atoms with van der Waals surface area (Å²) in [5.74, 6) is -1.22. The Kier molecular flexibility index (Phi) is 5.50. The molecule has 0 saturated carbocycles. The monoisotopic (exact) mass is 436 g/mol. The van der Waals surface area contributed by atoms with E-state index in [1.807, 2.05) is 0 Å². The first kappa shape index (κ1) is 20.3. The first-order chi connectivity index (χ1) is 15.0. The average molecular weight is 437 g/mol. The molecule has 3 N–H and O–H groups in total. The van der Waals surface area contributed by atoms with Gasteiger partial charge in [-0.1, -0.05) is 41.9 Å². The van der Waals surface area contributed by atoms with Gasteiger partial charge in [0.2, 0.25) is 0 Å². The summed E-state index contributed by atoms with van der Waals surface area (Å²) in [4.78, 5) is 37.8. The van der Waals surface area contributed by atoms with Gasteiger partial charge < -0.3 is 0 Å². The van der Waals surface area contributed by atoms with Crippen LogP contribution in [0.2, 0.25) is 5.02 Å². The van der Waals surface area contributed by atoms with Crippen molar-refractivity contribution in [1.29, 1.82) is 0 Å². The van der Waals surface area contributed by atoms with Gasteiger partial charge in [-0.25, -0.2) is 4.68 Å². The Morgan fingerprint density at radius 3 is 2.42 bits per heavy atom. The van der Waals surface area contributed by atoms with E-state index in [4.69, 9.17) is 11.6 Å². The normalized spacial score (nSPS) is 10.8. The van der Waals surface area contributed by atoms with Crippen LogP contribution in [-0.2, 0) is 6.54 Å². The SMILES string of the molecule is CCn1nc(C(=O)NNC(=O)c2cn[nH]c2-c2ccc(Cl)cc2)c2ccccc2c1=O. The number of hydrogen-bond donors (Lipinski definition) is 3. The minimum atomic E-state index is -0.650. The zero-order valence-electron chi connectivity index (χ0n) is 16.3. The summed E-state index contributed by atoms with van der Waals surface area (Å²) in [7, 11) is 0. The van der Waals surface area contributed by atoms with Gasteiger partial charge >= 0.3 is 0 Å². The maximum absolute atomic E-state index is 12.8. The largest absolute Gasteiger partial charge is 0.290 e. The van der Waals surface area contributed by atoms with Crippen molar-refractivity contribution >= 4 is 34.2 Å². The van der Waals surface area contributed by atoms with E-state index in [9.17, 15) is 14.4 Å². The molecule has 0 saturated heterocycles. The summed E-state index contributed by atoms with van der Waals surface area (Å²) in [6.07, 6.45) is 1.36. The number of fused-ring (bicyclic) bond motifs is 1. The van der Waals surface area contributed by atoms with E-state index in [1.165, 1.54) is 10.9 Å². The number of H-pyrrole nitrogens is 1. The zero-order chi connectivity index (χ0) is 22.0. The number of nitrogens with one attached hydrogen (secondary N) is 3. The van der Waals surface area contributed by atoms with Gasteiger partial charge in [-0.3, -0.25) is 30.3 Å². The molecule has 0 atom stereocenters. The molecule has 2 heterocycles. The van der Waals surface area contributed by atoms with Gasteiger partial charge in [-0.15, -0.1) is 0 Å². The molecule has 2 amide bonds. The molecule has 0 bridgehead atoms. The smallest absolute Gasteiger partial charge is 0.277 e. The van der Waals surface area contributed by atoms with E-state index in [0.717, 1.165) is 0 Å². The third-order valence-corrected chi connectivity index (χ3v) is 4.94. The van der Waals surface area contributed by atoms with Crippen LogP contribution in [0.1, 0.15) is 27.8 Å². The number of halogens is 1. The lowest BCUT2D eigenvalue weighted by molar-refractivity contribution is 0.0844. The number of amides is 2. The van der Waals surface area contributed by atoms with Crippen LogP contribution in [0, 0.1) is 0 Å². The topological polar surface area (TPSA) is 122 Å². The average Bonchev–Trinajstić information content (AvgIpc) is 3.28. The molecule has 0 aliphatic heterocycles. The van der Waals surface area contributed by atoms with Crippen LogP contribution in [0.3, 0.4) is 0 Å². The van der Waals surface area contributed by atoms with Gasteiger partial charge in [-0.2, -0.15) is 10.2 Å². The van der Waals surface area contributed by atoms with Crippen molar-refractivity contribution in [2.24, 2.45) is 0 Å². The minimum absolute atomic E-state index is 0.0301. The third kappa shape index (κ3) is 3.90. The van der Waals surface area contributed by atoms with Gasteiger partial charge in [0.1, 0.15) is 0 Å². The molecule has 0 radical (unpaired) electrons. The molecule has 4 aromatic rings. The number of nitrogens with zero attached hydrogens (tertiary/aromatic N) is 3. The van der Waals surface area contributed by atoms with Gasteiger partial charge in [0.15, 0.2) is 5.69 Å². The highest BCUT2D eigenvalue weighted by atomic mass is 35.5. The maximum atomic E-state index is 12.8. The molecule has 9 nitrogen and oxygen atoms in total. The number of carbonyl (C=O) groups excluding carboxylic acids is 2. The summed E-state index contributed by atoms with van der Waals surface area (Å²) in [5.41, 5.74) is 5.89. The van der Waals surface area contributed by atoms with E-state index in [2.05, 4.69) is 26.1 Å². The van der Waals surface area contributed by atoms with Crippen LogP contribution in [0.25, 0.3) is 22.0 Å². The third-order valence-electron chi connectivity index (χ3n) is 4.69. The van der Waals surface area contributed by atoms with Crippen molar-refractivity contribution in [3.05, 3.63) is 81.4 Å². The molecule has 0 aliphatic rings. The molecule has 4 rings (SSSR count). The second kappa shape index (κ2) is 8.41. The Hall–Kier alpha value is -3.98. The first-order valence-corrected chi connectivity index (χ1v) is 9.77. The molecule has 0 fully saturated rings. The summed E-state index contributed by atoms with van der Waals surface area (Å²) >= 11 is 5.91. The van der Waals surface area contributed by atoms with Crippen LogP contribution in [0.15, 0.2) is 59.5 Å². The quantitative estimate of drug-likeness (QED) is 0.424. The Bertz CT molecular complexity index is 1340. The van der Waals surface area contributed by atoms with E-state index in [-0.39, 0.29) is 16.8 Å². The molecule has 2 aromatic heterocycles. The number of carbonyl (C=O) groups is 2. The Morgan fingerprint density at radius 2 is 1.71 bits per heavy atom. The van der Waals surface area contributed by atoms with Crippen molar-refractivity contribution in [3.8, 4) is 11.3 Å². The molecular weight excluding hydrogens is 420 g/mol. The number of rotatable bonds is 4. The van der Waals surface area contributed by atoms with Crippen LogP contribution >= 0.6 is 11.6 Å². The molecule has 2 aromatic carbocycles. The van der Waals surface area contributed by atoms with E-state index >= 15 is 0 Å². The van der Waals surface area contributed by atoms with Crippen LogP contribution in [0.5, 0.6) is 0 Å². The highest BCUT2D eigenvalue weighted by molar-refractivity contribution is 6.30. The molecule has 156 valence electrons. The number of aromatic amines is 1. The highest BCUT2D eigenvalue weighted by Crippen LogP contribution is 2.22. The lowest BCUT2D eigenvalue weighted by Crippen LogP contribution is -2.42. The molecular formula is C21H17ClN6O3. The van der Waals surface area contributed by atoms with E-state index in [1.54, 1.807) is 55.5 Å². The van der Waals surface area contributed by atoms with Gasteiger partial charge in [-0.05, 0) is 25.1 Å². The standard InChI is InChI=1S/C21H17ClN6O3/c1-2-28-21(31)15-6-4-3-5-14(15)18(27-28)20(30)26-25-19(29)16-11-23-24-17(16)12-7-9-13(22)10-8-12/h3-11H,2H2,1H3,(H,23,24)(H,25,29)(H,26,30). The summed E-state index contributed by atoms with van der Waals surface area (Å²) in [6.45, 7) is 2.06. The predicted molar refractivity (Wildman–Crippen MR) is 116 cm³/mol. The van der Waals surface area contributed by atoms with Gasteiger partial charge in [0, 0.05) is 22.5 Å². The Morgan fingerprint density at radius 1 is 1.03 bits per heavy atom. The fourth-order valence-electron chi connectivity index (χ4n) is 3.15. The number of aromatic nitrogens is 4. The second-order valence-corrected chi connectivity index (χ2v) is 7.03. The van der Waals surface area contributed by atoms with Crippen molar-refractivity contribution in [3.63, 3.8) is 0 Å². The molecule has 0 spiro atoms. The van der Waals surface area contributed by atoms with E-state index < -0.39 is 11.8 Å². The first-order valence-electron chi connectivity index (χ1n) is 9.39. The zero-order valence-corrected chi connectivity index (χ0v) is 17.1. The molecule has 31 heavy (non-hydrogen) atoms. The Balaban J connectivity index is 1.57. The van der Waals surface area contributed by atoms with Gasteiger partial charge in [0.05, 0.1) is 22.8 Å². The molecule has 0 aliphatic carbocycles. The van der Waals surface area contributed by atoms with Crippen LogP contribution in [-0.4, -0.2) is 31.8 Å². The van der Waals surface area contributed by atoms with Crippen molar-refractivity contribution in [2.45, 2.75) is 13.5 Å². The fraction of sp³-hybridized carbons (Fsp3) is 0.0952. The predicted octanol–water partition coefficient (Wildman–Crippen LogP) is 2.53. The fourth-order valence-corrected chi connectivity index (χ4v) is 3.28. The van der Waals surface area contributed by atoms with Crippen LogP contribution < -0.4 is 16.4 Å². The highest BCUT2D eigenvalue weighted by Gasteiger charge is 2.19. The summed E-state index contributed by atoms with van der Waals surface area (Å²) in [6, 6.07) is 13.6. The van der Waals surface area contributed by atoms with Gasteiger partial charge in [0.25, 0.3) is 17.4 Å².